The Kier molecular flexibility index (Phi) is 5.41. The molecule has 112 valence electrons. The number of rotatable bonds is 5. The van der Waals surface area contributed by atoms with Crippen LogP contribution in [0, 0.1) is 11.8 Å². The molecule has 3 nitrogen and oxygen atoms in total. The molecule has 1 saturated carbocycles. The van der Waals surface area contributed by atoms with Gasteiger partial charge in [0.05, 0.1) is 0 Å². The third kappa shape index (κ3) is 3.95. The summed E-state index contributed by atoms with van der Waals surface area (Å²) in [5.41, 5.74) is 1.24. The molecule has 3 heteroatoms. The van der Waals surface area contributed by atoms with Crippen molar-refractivity contribution in [2.75, 3.05) is 6.54 Å². The molecule has 1 heterocycles. The smallest absolute Gasteiger partial charge is 0.213 e. The van der Waals surface area contributed by atoms with Crippen molar-refractivity contribution in [1.82, 2.24) is 10.3 Å². The van der Waals surface area contributed by atoms with Crippen molar-refractivity contribution in [3.8, 4) is 5.88 Å². The van der Waals surface area contributed by atoms with E-state index in [0.29, 0.717) is 12.1 Å². The second kappa shape index (κ2) is 7.07. The lowest BCUT2D eigenvalue weighted by molar-refractivity contribution is 0.0963. The quantitative estimate of drug-likeness (QED) is 0.884. The van der Waals surface area contributed by atoms with Crippen LogP contribution in [0.1, 0.15) is 58.6 Å². The Morgan fingerprint density at radius 3 is 2.85 bits per heavy atom. The third-order valence-corrected chi connectivity index (χ3v) is 4.61. The molecule has 1 aromatic heterocycles. The van der Waals surface area contributed by atoms with Gasteiger partial charge in [-0.05, 0) is 56.2 Å². The summed E-state index contributed by atoms with van der Waals surface area (Å²) in [5, 5.41) is 3.42. The lowest BCUT2D eigenvalue weighted by atomic mass is 9.80. The highest BCUT2D eigenvalue weighted by Gasteiger charge is 2.26. The highest BCUT2D eigenvalue weighted by molar-refractivity contribution is 5.23. The van der Waals surface area contributed by atoms with Crippen molar-refractivity contribution < 1.29 is 4.74 Å². The van der Waals surface area contributed by atoms with Crippen LogP contribution in [0.5, 0.6) is 5.88 Å². The van der Waals surface area contributed by atoms with Gasteiger partial charge in [0.2, 0.25) is 5.88 Å². The van der Waals surface area contributed by atoms with E-state index in [2.05, 4.69) is 50.1 Å². The maximum absolute atomic E-state index is 6.10. The number of ether oxygens (including phenoxy) is 1. The molecule has 0 amide bonds. The molecule has 1 fully saturated rings. The van der Waals surface area contributed by atoms with E-state index in [1.807, 2.05) is 6.20 Å². The first-order valence-electron chi connectivity index (χ1n) is 7.96. The van der Waals surface area contributed by atoms with Crippen molar-refractivity contribution in [1.29, 1.82) is 0 Å². The molecule has 1 N–H and O–H groups in total. The molecule has 0 aliphatic heterocycles. The Morgan fingerprint density at radius 1 is 1.35 bits per heavy atom. The van der Waals surface area contributed by atoms with Crippen molar-refractivity contribution >= 4 is 0 Å². The van der Waals surface area contributed by atoms with Crippen molar-refractivity contribution in [2.24, 2.45) is 11.8 Å². The highest BCUT2D eigenvalue weighted by Crippen LogP contribution is 2.31. The molecule has 2 rings (SSSR count). The topological polar surface area (TPSA) is 34.2 Å². The molecular formula is C17H28N2O. The van der Waals surface area contributed by atoms with Gasteiger partial charge in [-0.1, -0.05) is 20.8 Å². The maximum Gasteiger partial charge on any atom is 0.213 e. The Labute approximate surface area is 123 Å². The van der Waals surface area contributed by atoms with E-state index in [0.717, 1.165) is 37.1 Å². The molecule has 1 aliphatic rings. The summed E-state index contributed by atoms with van der Waals surface area (Å²) >= 11 is 0. The predicted octanol–water partition coefficient (Wildman–Crippen LogP) is 3.96. The van der Waals surface area contributed by atoms with Crippen LogP contribution < -0.4 is 10.1 Å². The maximum atomic E-state index is 6.10. The fourth-order valence-corrected chi connectivity index (χ4v) is 2.96. The molecule has 0 bridgehead atoms. The minimum atomic E-state index is 0.332. The van der Waals surface area contributed by atoms with Gasteiger partial charge in [0.1, 0.15) is 6.10 Å². The molecule has 4 unspecified atom stereocenters. The van der Waals surface area contributed by atoms with Gasteiger partial charge in [0.15, 0.2) is 0 Å². The summed E-state index contributed by atoms with van der Waals surface area (Å²) in [6, 6.07) is 4.48. The van der Waals surface area contributed by atoms with E-state index >= 15 is 0 Å². The van der Waals surface area contributed by atoms with Crippen LogP contribution in [0.3, 0.4) is 0 Å². The average Bonchev–Trinajstić information content (AvgIpc) is 2.43. The lowest BCUT2D eigenvalue weighted by Gasteiger charge is -2.32. The second-order valence-corrected chi connectivity index (χ2v) is 6.21. The SMILES string of the molecule is CCNC(C)c1ccnc(OC2CCC(C)C(C)C2)c1. The van der Waals surface area contributed by atoms with Crippen LogP contribution in [0.25, 0.3) is 0 Å². The first-order chi connectivity index (χ1) is 9.60. The molecule has 20 heavy (non-hydrogen) atoms. The third-order valence-electron chi connectivity index (χ3n) is 4.61. The van der Waals surface area contributed by atoms with Gasteiger partial charge >= 0.3 is 0 Å². The number of hydrogen-bond acceptors (Lipinski definition) is 3. The zero-order chi connectivity index (χ0) is 14.5. The summed E-state index contributed by atoms with van der Waals surface area (Å²) in [6.45, 7) is 9.94. The molecule has 4 atom stereocenters. The normalized spacial score (nSPS) is 28.1. The molecule has 0 saturated heterocycles. The van der Waals surface area contributed by atoms with Crippen LogP contribution in [-0.2, 0) is 0 Å². The number of nitrogens with zero attached hydrogens (tertiary/aromatic N) is 1. The number of pyridine rings is 1. The molecular weight excluding hydrogens is 248 g/mol. The zero-order valence-electron chi connectivity index (χ0n) is 13.2. The Balaban J connectivity index is 1.97. The monoisotopic (exact) mass is 276 g/mol. The van der Waals surface area contributed by atoms with Gasteiger partial charge < -0.3 is 10.1 Å². The van der Waals surface area contributed by atoms with Gasteiger partial charge in [-0.15, -0.1) is 0 Å². The molecule has 0 radical (unpaired) electrons. The predicted molar refractivity (Wildman–Crippen MR) is 82.9 cm³/mol. The molecule has 1 aliphatic carbocycles. The zero-order valence-corrected chi connectivity index (χ0v) is 13.2. The van der Waals surface area contributed by atoms with E-state index in [1.54, 1.807) is 0 Å². The van der Waals surface area contributed by atoms with Gasteiger partial charge in [0, 0.05) is 18.3 Å². The van der Waals surface area contributed by atoms with Crippen molar-refractivity contribution in [2.45, 2.75) is 59.1 Å². The molecule has 0 spiro atoms. The Bertz CT molecular complexity index is 421. The van der Waals surface area contributed by atoms with Gasteiger partial charge in [-0.3, -0.25) is 0 Å². The number of nitrogens with one attached hydrogen (secondary N) is 1. The highest BCUT2D eigenvalue weighted by atomic mass is 16.5. The van der Waals surface area contributed by atoms with Crippen LogP contribution in [0.4, 0.5) is 0 Å². The van der Waals surface area contributed by atoms with Crippen LogP contribution >= 0.6 is 0 Å². The standard InChI is InChI=1S/C17H28N2O/c1-5-18-14(4)15-8-9-19-17(11-15)20-16-7-6-12(2)13(3)10-16/h8-9,11-14,16,18H,5-7,10H2,1-4H3. The Morgan fingerprint density at radius 2 is 2.15 bits per heavy atom. The summed E-state index contributed by atoms with van der Waals surface area (Å²) in [7, 11) is 0. The van der Waals surface area contributed by atoms with E-state index in [9.17, 15) is 0 Å². The lowest BCUT2D eigenvalue weighted by Crippen LogP contribution is -2.29. The van der Waals surface area contributed by atoms with Crippen molar-refractivity contribution in [3.05, 3.63) is 23.9 Å². The van der Waals surface area contributed by atoms with Gasteiger partial charge in [-0.25, -0.2) is 4.98 Å². The van der Waals surface area contributed by atoms with E-state index in [4.69, 9.17) is 4.74 Å². The van der Waals surface area contributed by atoms with Gasteiger partial charge in [0.25, 0.3) is 0 Å². The van der Waals surface area contributed by atoms with Crippen LogP contribution in [-0.4, -0.2) is 17.6 Å². The van der Waals surface area contributed by atoms with E-state index in [-0.39, 0.29) is 0 Å². The summed E-state index contributed by atoms with van der Waals surface area (Å²) in [4.78, 5) is 4.37. The number of aromatic nitrogens is 1. The summed E-state index contributed by atoms with van der Waals surface area (Å²) in [5.74, 6) is 2.35. The molecule has 0 aromatic carbocycles. The first kappa shape index (κ1) is 15.3. The van der Waals surface area contributed by atoms with E-state index in [1.165, 1.54) is 12.0 Å². The van der Waals surface area contributed by atoms with Gasteiger partial charge in [-0.2, -0.15) is 0 Å². The van der Waals surface area contributed by atoms with E-state index < -0.39 is 0 Å². The van der Waals surface area contributed by atoms with Crippen LogP contribution in [0.15, 0.2) is 18.3 Å². The summed E-state index contributed by atoms with van der Waals surface area (Å²) < 4.78 is 6.10. The fourth-order valence-electron chi connectivity index (χ4n) is 2.96. The number of hydrogen-bond donors (Lipinski definition) is 1. The minimum absolute atomic E-state index is 0.332. The summed E-state index contributed by atoms with van der Waals surface area (Å²) in [6.07, 6.45) is 5.75. The minimum Gasteiger partial charge on any atom is -0.474 e. The largest absolute Gasteiger partial charge is 0.474 e. The molecule has 1 aromatic rings. The second-order valence-electron chi connectivity index (χ2n) is 6.21. The Hall–Kier alpha value is -1.09. The fraction of sp³-hybridized carbons (Fsp3) is 0.706. The first-order valence-corrected chi connectivity index (χ1v) is 7.96. The van der Waals surface area contributed by atoms with Crippen molar-refractivity contribution in [3.63, 3.8) is 0 Å². The van der Waals surface area contributed by atoms with Crippen LogP contribution in [0.2, 0.25) is 0 Å². The average molecular weight is 276 g/mol.